The number of nitrogens with two attached hydrogens (primary N) is 1. The first-order valence-electron chi connectivity index (χ1n) is 9.70. The van der Waals surface area contributed by atoms with E-state index < -0.39 is 20.3 Å². The molecule has 0 bridgehead atoms. The van der Waals surface area contributed by atoms with E-state index in [9.17, 15) is 13.2 Å². The van der Waals surface area contributed by atoms with Gasteiger partial charge in [-0.3, -0.25) is 10.1 Å². The number of primary sulfonamides is 1. The number of carbonyl (C=O) groups is 1. The number of halogens is 1. The van der Waals surface area contributed by atoms with Crippen molar-refractivity contribution < 1.29 is 46.7 Å². The lowest BCUT2D eigenvalue weighted by molar-refractivity contribution is -2.00. The number of nitrogens with zero attached hydrogens (tertiary/aromatic N) is 3. The highest BCUT2D eigenvalue weighted by molar-refractivity contribution is 7.91. The normalized spacial score (nSPS) is 11.5. The van der Waals surface area contributed by atoms with Crippen molar-refractivity contribution in [1.82, 2.24) is 10.2 Å². The Morgan fingerprint density at radius 1 is 1.03 bits per heavy atom. The third kappa shape index (κ3) is 8.66. The van der Waals surface area contributed by atoms with Crippen molar-refractivity contribution in [2.24, 2.45) is 5.14 Å². The molecule has 1 amide bonds. The Balaban J connectivity index is 0.000000739. The van der Waals surface area contributed by atoms with E-state index >= 15 is 0 Å². The van der Waals surface area contributed by atoms with Crippen LogP contribution in [-0.4, -0.2) is 24.5 Å². The number of sulfonamides is 1. The molecule has 2 aromatic heterocycles. The Morgan fingerprint density at radius 3 is 2.00 bits per heavy atom. The van der Waals surface area contributed by atoms with Crippen LogP contribution in [0.4, 0.5) is 5.13 Å². The molecule has 0 fully saturated rings. The van der Waals surface area contributed by atoms with Crippen LogP contribution in [0.1, 0.15) is 25.2 Å². The summed E-state index contributed by atoms with van der Waals surface area (Å²) < 4.78 is 58.2. The number of carbonyl (C=O) groups excluding carboxylic acids is 1. The quantitative estimate of drug-likeness (QED) is 0.237. The van der Waals surface area contributed by atoms with Crippen LogP contribution in [0.2, 0.25) is 0 Å². The average Bonchev–Trinajstić information content (AvgIpc) is 3.22. The predicted octanol–water partition coefficient (Wildman–Crippen LogP) is -2.85. The van der Waals surface area contributed by atoms with Gasteiger partial charge in [0, 0.05) is 25.0 Å². The molecule has 3 N–H and O–H groups in total. The van der Waals surface area contributed by atoms with E-state index in [1.807, 2.05) is 36.6 Å². The van der Waals surface area contributed by atoms with E-state index in [4.69, 9.17) is 23.8 Å². The highest BCUT2D eigenvalue weighted by Gasteiger charge is 2.22. The van der Waals surface area contributed by atoms with Crippen LogP contribution in [0.5, 0.6) is 0 Å². The number of nitrogens with one attached hydrogen (secondary N) is 1. The molecular formula is C19H22ClN5O7S2. The first kappa shape index (κ1) is 27.7. The Morgan fingerprint density at radius 2 is 1.56 bits per heavy atom. The summed E-state index contributed by atoms with van der Waals surface area (Å²) in [5.74, 6) is -0.316. The Kier molecular flexibility index (Phi) is 9.54. The molecule has 0 saturated carbocycles. The van der Waals surface area contributed by atoms with E-state index in [1.165, 1.54) is 0 Å². The number of aryl methyl sites for hydroxylation is 2. The van der Waals surface area contributed by atoms with Crippen molar-refractivity contribution >= 4 is 32.4 Å². The van der Waals surface area contributed by atoms with Gasteiger partial charge in [-0.05, 0) is 11.1 Å². The molecule has 0 radical (unpaired) electrons. The largest absolute Gasteiger partial charge is 0.295 e. The zero-order valence-corrected chi connectivity index (χ0v) is 20.5. The van der Waals surface area contributed by atoms with Crippen LogP contribution in [0, 0.1) is 10.2 Å². The number of amides is 1. The molecule has 15 heteroatoms. The number of anilines is 1. The van der Waals surface area contributed by atoms with Gasteiger partial charge in [-0.2, -0.15) is 4.57 Å². The fourth-order valence-electron chi connectivity index (χ4n) is 3.00. The fourth-order valence-corrected chi connectivity index (χ4v) is 4.35. The molecule has 12 nitrogen and oxygen atoms in total. The van der Waals surface area contributed by atoms with E-state index in [-0.39, 0.29) is 21.9 Å². The molecule has 184 valence electrons. The van der Waals surface area contributed by atoms with Crippen LogP contribution in [0.25, 0.3) is 11.1 Å². The standard InChI is InChI=1S/C19H21N5O3S2.ClHO4/c1-3-15-10-14(13-8-6-5-7-9-13)11-16(4-2)24(15)12-17(25)21-18-22-23-19(28-18)29(20,26)27;2-1(3,4)5/h5-11H,3-4,12H2,1-2H3,(H2-,20,21,22,25,26,27);(H,2,3,4,5). The minimum absolute atomic E-state index is 0.0890. The fraction of sp³-hybridized carbons (Fsp3) is 0.263. The van der Waals surface area contributed by atoms with E-state index in [0.29, 0.717) is 0 Å². The first-order valence-corrected chi connectivity index (χ1v) is 13.3. The predicted molar refractivity (Wildman–Crippen MR) is 111 cm³/mol. The summed E-state index contributed by atoms with van der Waals surface area (Å²) in [4.78, 5) is 12.6. The minimum atomic E-state index is -4.94. The molecule has 0 aliphatic rings. The topological polar surface area (TPSA) is 211 Å². The van der Waals surface area contributed by atoms with Gasteiger partial charge in [-0.25, -0.2) is 32.2 Å². The first-order chi connectivity index (χ1) is 15.8. The highest BCUT2D eigenvalue weighted by atomic mass is 35.7. The maximum absolute atomic E-state index is 12.6. The number of pyridine rings is 1. The smallest absolute Gasteiger partial charge is 0.292 e. The van der Waals surface area contributed by atoms with Gasteiger partial charge < -0.3 is 0 Å². The number of aromatic nitrogens is 3. The lowest BCUT2D eigenvalue weighted by Crippen LogP contribution is -2.68. The van der Waals surface area contributed by atoms with Gasteiger partial charge in [0.15, 0.2) is 11.4 Å². The summed E-state index contributed by atoms with van der Waals surface area (Å²) in [6, 6.07) is 14.3. The Bertz CT molecular complexity index is 1200. The van der Waals surface area contributed by atoms with Gasteiger partial charge in [0.05, 0.1) is 0 Å². The van der Waals surface area contributed by atoms with Gasteiger partial charge in [-0.15, -0.1) is 20.4 Å². The van der Waals surface area contributed by atoms with Crippen LogP contribution < -0.4 is 33.7 Å². The second-order valence-corrected chi connectivity index (χ2v) is 10.2. The summed E-state index contributed by atoms with van der Waals surface area (Å²) in [7, 11) is -8.89. The molecule has 2 heterocycles. The third-order valence-corrected chi connectivity index (χ3v) is 6.52. The van der Waals surface area contributed by atoms with E-state index in [1.54, 1.807) is 0 Å². The molecule has 0 atom stereocenters. The van der Waals surface area contributed by atoms with Gasteiger partial charge in [0.25, 0.3) is 15.9 Å². The zero-order valence-electron chi connectivity index (χ0n) is 18.1. The number of hydrogen-bond acceptors (Lipinski definition) is 10. The molecular weight excluding hydrogens is 510 g/mol. The molecule has 34 heavy (non-hydrogen) atoms. The molecule has 1 aromatic carbocycles. The molecule has 3 aromatic rings. The van der Waals surface area contributed by atoms with Gasteiger partial charge in [0.2, 0.25) is 16.0 Å². The second-order valence-electron chi connectivity index (χ2n) is 6.73. The van der Waals surface area contributed by atoms with Crippen molar-refractivity contribution in [3.8, 4) is 11.1 Å². The lowest BCUT2D eigenvalue weighted by atomic mass is 10.0. The molecule has 0 saturated heterocycles. The Hall–Kier alpha value is -2.56. The molecule has 0 unspecified atom stereocenters. The maximum Gasteiger partial charge on any atom is 0.292 e. The number of hydrogen-bond donors (Lipinski definition) is 2. The van der Waals surface area contributed by atoms with Crippen LogP contribution in [-0.2, 0) is 34.2 Å². The summed E-state index contributed by atoms with van der Waals surface area (Å²) in [5.41, 5.74) is 4.29. The maximum atomic E-state index is 12.6. The van der Waals surface area contributed by atoms with E-state index in [0.717, 1.165) is 46.7 Å². The SMILES string of the molecule is CCc1cc(-c2ccccc2)cc(CC)[n+]1CC(=O)Nc1nnc(S(N)(=O)=O)s1.[O-][Cl+3]([O-])([O-])[O-]. The van der Waals surface area contributed by atoms with Crippen LogP contribution in [0.15, 0.2) is 46.8 Å². The Labute approximate surface area is 202 Å². The molecule has 0 aliphatic carbocycles. The zero-order chi connectivity index (χ0) is 25.5. The summed E-state index contributed by atoms with van der Waals surface area (Å²) >= 11 is 0.722. The summed E-state index contributed by atoms with van der Waals surface area (Å²) in [6.07, 6.45) is 1.52. The van der Waals surface area contributed by atoms with Crippen LogP contribution in [0.3, 0.4) is 0 Å². The molecule has 3 rings (SSSR count). The lowest BCUT2D eigenvalue weighted by Gasteiger charge is -2.17. The minimum Gasteiger partial charge on any atom is -0.295 e. The monoisotopic (exact) mass is 531 g/mol. The third-order valence-electron chi connectivity index (χ3n) is 4.37. The number of benzene rings is 1. The summed E-state index contributed by atoms with van der Waals surface area (Å²) in [6.45, 7) is 4.17. The van der Waals surface area contributed by atoms with Crippen molar-refractivity contribution in [3.05, 3.63) is 53.9 Å². The summed E-state index contributed by atoms with van der Waals surface area (Å²) in [5, 5.41) is 14.9. The average molecular weight is 532 g/mol. The molecule has 0 spiro atoms. The van der Waals surface area contributed by atoms with Crippen molar-refractivity contribution in [2.75, 3.05) is 5.32 Å². The van der Waals surface area contributed by atoms with Crippen LogP contribution >= 0.6 is 11.3 Å². The number of rotatable bonds is 7. The molecule has 0 aliphatic heterocycles. The second kappa shape index (κ2) is 11.7. The highest BCUT2D eigenvalue weighted by Crippen LogP contribution is 2.21. The van der Waals surface area contributed by atoms with Gasteiger partial charge in [0.1, 0.15) is 0 Å². The van der Waals surface area contributed by atoms with Gasteiger partial charge >= 0.3 is 0 Å². The van der Waals surface area contributed by atoms with E-state index in [2.05, 4.69) is 39.8 Å². The van der Waals surface area contributed by atoms with Crippen molar-refractivity contribution in [1.29, 1.82) is 0 Å². The van der Waals surface area contributed by atoms with Crippen molar-refractivity contribution in [2.45, 2.75) is 37.6 Å². The van der Waals surface area contributed by atoms with Gasteiger partial charge in [-0.1, -0.05) is 55.5 Å². The van der Waals surface area contributed by atoms with Crippen molar-refractivity contribution in [3.63, 3.8) is 0 Å².